The summed E-state index contributed by atoms with van der Waals surface area (Å²) < 4.78 is 5.28. The SMILES string of the molecule is CCc1cnc(CNC(=NC)NCc2ccc3cc(OC)ccc3c2)s1. The first-order valence-electron chi connectivity index (χ1n) is 8.66. The number of hydrogen-bond donors (Lipinski definition) is 2. The highest BCUT2D eigenvalue weighted by Crippen LogP contribution is 2.21. The normalized spacial score (nSPS) is 11.6. The molecule has 0 amide bonds. The molecule has 2 aromatic carbocycles. The van der Waals surface area contributed by atoms with E-state index >= 15 is 0 Å². The van der Waals surface area contributed by atoms with Crippen LogP contribution >= 0.6 is 11.3 Å². The molecular formula is C20H24N4OS. The molecule has 0 saturated carbocycles. The summed E-state index contributed by atoms with van der Waals surface area (Å²) in [6, 6.07) is 12.5. The number of fused-ring (bicyclic) bond motifs is 1. The smallest absolute Gasteiger partial charge is 0.191 e. The number of aryl methyl sites for hydroxylation is 1. The molecule has 3 aromatic rings. The Morgan fingerprint density at radius 3 is 2.62 bits per heavy atom. The summed E-state index contributed by atoms with van der Waals surface area (Å²) in [4.78, 5) is 10.0. The minimum absolute atomic E-state index is 0.682. The first kappa shape index (κ1) is 18.2. The quantitative estimate of drug-likeness (QED) is 0.514. The zero-order valence-corrected chi connectivity index (χ0v) is 16.2. The molecule has 1 heterocycles. The number of nitrogens with one attached hydrogen (secondary N) is 2. The summed E-state index contributed by atoms with van der Waals surface area (Å²) >= 11 is 1.74. The average molecular weight is 369 g/mol. The van der Waals surface area contributed by atoms with Gasteiger partial charge in [-0.25, -0.2) is 4.98 Å². The highest BCUT2D eigenvalue weighted by molar-refractivity contribution is 7.11. The van der Waals surface area contributed by atoms with Gasteiger partial charge in [-0.1, -0.05) is 25.1 Å². The number of aliphatic imine (C=N–C) groups is 1. The number of nitrogens with zero attached hydrogens (tertiary/aromatic N) is 2. The fourth-order valence-electron chi connectivity index (χ4n) is 2.67. The van der Waals surface area contributed by atoms with Crippen LogP contribution in [0.15, 0.2) is 47.6 Å². The van der Waals surface area contributed by atoms with Gasteiger partial charge in [0.2, 0.25) is 0 Å². The molecule has 0 atom stereocenters. The Labute approximate surface area is 158 Å². The number of thiazole rings is 1. The molecule has 6 heteroatoms. The maximum Gasteiger partial charge on any atom is 0.191 e. The molecule has 2 N–H and O–H groups in total. The number of benzene rings is 2. The standard InChI is InChI=1S/C20H24N4OS/c1-4-18-12-22-19(26-18)13-24-20(21-2)23-11-14-5-6-16-10-17(25-3)8-7-15(16)9-14/h5-10,12H,4,11,13H2,1-3H3,(H2,21,23,24). The van der Waals surface area contributed by atoms with Crippen LogP contribution < -0.4 is 15.4 Å². The summed E-state index contributed by atoms with van der Waals surface area (Å²) in [5.74, 6) is 1.65. The van der Waals surface area contributed by atoms with Gasteiger partial charge in [0.25, 0.3) is 0 Å². The predicted molar refractivity (Wildman–Crippen MR) is 109 cm³/mol. The molecule has 0 aliphatic heterocycles. The third-order valence-corrected chi connectivity index (χ3v) is 5.29. The Morgan fingerprint density at radius 1 is 1.12 bits per heavy atom. The topological polar surface area (TPSA) is 58.5 Å². The van der Waals surface area contributed by atoms with Crippen LogP contribution in [0.3, 0.4) is 0 Å². The Morgan fingerprint density at radius 2 is 1.88 bits per heavy atom. The van der Waals surface area contributed by atoms with E-state index in [0.717, 1.165) is 23.1 Å². The van der Waals surface area contributed by atoms with Crippen LogP contribution in [0.2, 0.25) is 0 Å². The molecule has 5 nitrogen and oxygen atoms in total. The molecule has 3 rings (SSSR count). The molecule has 0 saturated heterocycles. The van der Waals surface area contributed by atoms with Crippen LogP contribution in [-0.4, -0.2) is 25.1 Å². The van der Waals surface area contributed by atoms with Crippen molar-refractivity contribution in [1.82, 2.24) is 15.6 Å². The number of methoxy groups -OCH3 is 1. The van der Waals surface area contributed by atoms with Gasteiger partial charge in [-0.3, -0.25) is 4.99 Å². The maximum atomic E-state index is 5.28. The summed E-state index contributed by atoms with van der Waals surface area (Å²) in [5.41, 5.74) is 1.20. The van der Waals surface area contributed by atoms with E-state index in [1.165, 1.54) is 21.2 Å². The first-order valence-corrected chi connectivity index (χ1v) is 9.48. The van der Waals surface area contributed by atoms with Crippen LogP contribution in [0.25, 0.3) is 10.8 Å². The Balaban J connectivity index is 1.58. The van der Waals surface area contributed by atoms with Crippen molar-refractivity contribution in [3.63, 3.8) is 0 Å². The van der Waals surface area contributed by atoms with E-state index in [9.17, 15) is 0 Å². The Bertz CT molecular complexity index is 904. The minimum Gasteiger partial charge on any atom is -0.497 e. The van der Waals surface area contributed by atoms with Crippen LogP contribution in [-0.2, 0) is 19.5 Å². The Hall–Kier alpha value is -2.60. The van der Waals surface area contributed by atoms with Crippen molar-refractivity contribution in [2.75, 3.05) is 14.2 Å². The second-order valence-corrected chi connectivity index (χ2v) is 7.10. The zero-order valence-electron chi connectivity index (χ0n) is 15.4. The van der Waals surface area contributed by atoms with E-state index in [1.54, 1.807) is 25.5 Å². The first-order chi connectivity index (χ1) is 12.7. The van der Waals surface area contributed by atoms with Gasteiger partial charge in [0.05, 0.1) is 13.7 Å². The number of guanidine groups is 1. The number of hydrogen-bond acceptors (Lipinski definition) is 4. The zero-order chi connectivity index (χ0) is 18.4. The largest absolute Gasteiger partial charge is 0.497 e. The van der Waals surface area contributed by atoms with Gasteiger partial charge >= 0.3 is 0 Å². The molecule has 0 aliphatic carbocycles. The number of aromatic nitrogens is 1. The van der Waals surface area contributed by atoms with Crippen molar-refractivity contribution in [3.8, 4) is 5.75 Å². The van der Waals surface area contributed by atoms with E-state index in [2.05, 4.69) is 51.8 Å². The van der Waals surface area contributed by atoms with E-state index in [1.807, 2.05) is 18.3 Å². The molecule has 0 unspecified atom stereocenters. The average Bonchev–Trinajstić information content (AvgIpc) is 3.15. The summed E-state index contributed by atoms with van der Waals surface area (Å²) in [5, 5.41) is 10.1. The molecule has 0 radical (unpaired) electrons. The molecule has 1 aromatic heterocycles. The van der Waals surface area contributed by atoms with Gasteiger partial charge in [-0.2, -0.15) is 0 Å². The Kier molecular flexibility index (Phi) is 6.07. The van der Waals surface area contributed by atoms with E-state index in [0.29, 0.717) is 13.1 Å². The lowest BCUT2D eigenvalue weighted by molar-refractivity contribution is 0.415. The molecule has 0 bridgehead atoms. The van der Waals surface area contributed by atoms with E-state index in [4.69, 9.17) is 4.74 Å². The third-order valence-electron chi connectivity index (χ3n) is 4.15. The van der Waals surface area contributed by atoms with Gasteiger partial charge in [0, 0.05) is 24.7 Å². The molecule has 0 fully saturated rings. The number of ether oxygens (including phenoxy) is 1. The van der Waals surface area contributed by atoms with Gasteiger partial charge in [-0.05, 0) is 41.0 Å². The lowest BCUT2D eigenvalue weighted by atomic mass is 10.1. The lowest BCUT2D eigenvalue weighted by Crippen LogP contribution is -2.36. The molecule has 136 valence electrons. The minimum atomic E-state index is 0.682. The highest BCUT2D eigenvalue weighted by atomic mass is 32.1. The fourth-order valence-corrected chi connectivity index (χ4v) is 3.47. The third kappa shape index (κ3) is 4.52. The van der Waals surface area contributed by atoms with Crippen LogP contribution in [0.5, 0.6) is 5.75 Å². The molecule has 0 aliphatic rings. The maximum absolute atomic E-state index is 5.28. The van der Waals surface area contributed by atoms with Gasteiger partial charge in [0.15, 0.2) is 5.96 Å². The second-order valence-electron chi connectivity index (χ2n) is 5.90. The van der Waals surface area contributed by atoms with Gasteiger partial charge < -0.3 is 15.4 Å². The van der Waals surface area contributed by atoms with Crippen molar-refractivity contribution < 1.29 is 4.74 Å². The van der Waals surface area contributed by atoms with Gasteiger partial charge in [-0.15, -0.1) is 11.3 Å². The monoisotopic (exact) mass is 368 g/mol. The molecular weight excluding hydrogens is 344 g/mol. The number of rotatable bonds is 6. The second kappa shape index (κ2) is 8.67. The summed E-state index contributed by atoms with van der Waals surface area (Å²) in [7, 11) is 3.47. The summed E-state index contributed by atoms with van der Waals surface area (Å²) in [6.07, 6.45) is 2.97. The van der Waals surface area contributed by atoms with Gasteiger partial charge in [0.1, 0.15) is 10.8 Å². The fraction of sp³-hybridized carbons (Fsp3) is 0.300. The lowest BCUT2D eigenvalue weighted by Gasteiger charge is -2.11. The van der Waals surface area contributed by atoms with Crippen LogP contribution in [0, 0.1) is 0 Å². The van der Waals surface area contributed by atoms with Crippen molar-refractivity contribution in [2.24, 2.45) is 4.99 Å². The highest BCUT2D eigenvalue weighted by Gasteiger charge is 2.04. The predicted octanol–water partition coefficient (Wildman–Crippen LogP) is 3.73. The van der Waals surface area contributed by atoms with E-state index < -0.39 is 0 Å². The van der Waals surface area contributed by atoms with Crippen molar-refractivity contribution in [2.45, 2.75) is 26.4 Å². The molecule has 0 spiro atoms. The van der Waals surface area contributed by atoms with Crippen LogP contribution in [0.1, 0.15) is 22.4 Å². The molecule has 26 heavy (non-hydrogen) atoms. The van der Waals surface area contributed by atoms with Crippen LogP contribution in [0.4, 0.5) is 0 Å². The summed E-state index contributed by atoms with van der Waals surface area (Å²) in [6.45, 7) is 3.53. The van der Waals surface area contributed by atoms with Crippen molar-refractivity contribution in [3.05, 3.63) is 58.0 Å². The van der Waals surface area contributed by atoms with Crippen molar-refractivity contribution >= 4 is 28.1 Å². The van der Waals surface area contributed by atoms with E-state index in [-0.39, 0.29) is 0 Å². The van der Waals surface area contributed by atoms with Crippen molar-refractivity contribution in [1.29, 1.82) is 0 Å².